The summed E-state index contributed by atoms with van der Waals surface area (Å²) in [6, 6.07) is 10.1. The molecule has 0 atom stereocenters. The van der Waals surface area contributed by atoms with E-state index in [0.717, 1.165) is 24.2 Å². The second-order valence-corrected chi connectivity index (χ2v) is 5.83. The highest BCUT2D eigenvalue weighted by molar-refractivity contribution is 7.98. The molecule has 3 aromatic rings. The normalized spacial score (nSPS) is 11.3. The summed E-state index contributed by atoms with van der Waals surface area (Å²) in [6.07, 6.45) is 5.73. The molecular weight excluding hydrogens is 310 g/mol. The number of nitrogens with zero attached hydrogens (tertiary/aromatic N) is 4. The second-order valence-electron chi connectivity index (χ2n) is 4.89. The van der Waals surface area contributed by atoms with Crippen LogP contribution in [0.5, 0.6) is 0 Å². The average molecular weight is 327 g/mol. The summed E-state index contributed by atoms with van der Waals surface area (Å²) in [6.45, 7) is 2.09. The van der Waals surface area contributed by atoms with Gasteiger partial charge in [0, 0.05) is 6.42 Å². The molecule has 118 valence electrons. The number of aromatic amines is 1. The summed E-state index contributed by atoms with van der Waals surface area (Å²) in [5.74, 6) is 2.64. The van der Waals surface area contributed by atoms with E-state index in [-0.39, 0.29) is 0 Å². The van der Waals surface area contributed by atoms with Crippen molar-refractivity contribution in [2.24, 2.45) is 0 Å². The zero-order valence-electron chi connectivity index (χ0n) is 12.8. The van der Waals surface area contributed by atoms with Crippen molar-refractivity contribution >= 4 is 23.9 Å². The summed E-state index contributed by atoms with van der Waals surface area (Å²) >= 11 is 1.46. The van der Waals surface area contributed by atoms with Crippen molar-refractivity contribution in [3.05, 3.63) is 53.4 Å². The van der Waals surface area contributed by atoms with Crippen LogP contribution in [0, 0.1) is 0 Å². The lowest BCUT2D eigenvalue weighted by Gasteiger charge is -1.90. The molecule has 7 heteroatoms. The molecule has 2 heterocycles. The fourth-order valence-corrected chi connectivity index (χ4v) is 2.58. The first-order valence-corrected chi connectivity index (χ1v) is 8.42. The lowest BCUT2D eigenvalue weighted by Crippen LogP contribution is -1.87. The second kappa shape index (κ2) is 7.73. The smallest absolute Gasteiger partial charge is 0.237 e. The van der Waals surface area contributed by atoms with Crippen LogP contribution < -0.4 is 0 Å². The molecule has 3 rings (SSSR count). The van der Waals surface area contributed by atoms with Gasteiger partial charge in [-0.2, -0.15) is 4.98 Å². The molecule has 0 aliphatic carbocycles. The molecule has 0 saturated carbocycles. The third-order valence-corrected chi connectivity index (χ3v) is 3.86. The van der Waals surface area contributed by atoms with Crippen LogP contribution in [0.2, 0.25) is 0 Å². The Kier molecular flexibility index (Phi) is 5.21. The Bertz CT molecular complexity index is 766. The molecule has 1 N–H and O–H groups in total. The van der Waals surface area contributed by atoms with Crippen LogP contribution in [0.15, 0.2) is 40.0 Å². The van der Waals surface area contributed by atoms with Crippen molar-refractivity contribution in [2.45, 2.75) is 30.7 Å². The van der Waals surface area contributed by atoms with Crippen LogP contribution in [0.25, 0.3) is 12.2 Å². The maximum Gasteiger partial charge on any atom is 0.237 e. The molecule has 0 bridgehead atoms. The van der Waals surface area contributed by atoms with Crippen LogP contribution in [-0.4, -0.2) is 25.3 Å². The summed E-state index contributed by atoms with van der Waals surface area (Å²) in [4.78, 5) is 8.72. The van der Waals surface area contributed by atoms with Gasteiger partial charge in [-0.15, -0.1) is 5.10 Å². The van der Waals surface area contributed by atoms with Crippen LogP contribution in [-0.2, 0) is 12.2 Å². The van der Waals surface area contributed by atoms with Gasteiger partial charge < -0.3 is 4.52 Å². The van der Waals surface area contributed by atoms with Crippen molar-refractivity contribution in [3.63, 3.8) is 0 Å². The Morgan fingerprint density at radius 1 is 1.17 bits per heavy atom. The minimum Gasteiger partial charge on any atom is -0.338 e. The number of aromatic nitrogens is 5. The van der Waals surface area contributed by atoms with Gasteiger partial charge in [-0.3, -0.25) is 5.10 Å². The van der Waals surface area contributed by atoms with Gasteiger partial charge >= 0.3 is 0 Å². The van der Waals surface area contributed by atoms with E-state index in [0.29, 0.717) is 22.6 Å². The standard InChI is InChI=1S/C16H17N5OS/c1-2-6-14-17-15(22-21-14)11-23-16-18-13(19-20-16)10-9-12-7-4-3-5-8-12/h3-5,7-10H,2,6,11H2,1H3,(H,18,19,20)/b10-9+. The SMILES string of the molecule is CCCc1noc(CSc2n[nH]c(/C=C/c3ccccc3)n2)n1. The Balaban J connectivity index is 1.55. The van der Waals surface area contributed by atoms with E-state index >= 15 is 0 Å². The van der Waals surface area contributed by atoms with Crippen molar-refractivity contribution < 1.29 is 4.52 Å². The molecule has 0 saturated heterocycles. The molecule has 0 aliphatic heterocycles. The maximum absolute atomic E-state index is 5.19. The fraction of sp³-hybridized carbons (Fsp3) is 0.250. The molecule has 2 aromatic heterocycles. The van der Waals surface area contributed by atoms with Crippen LogP contribution in [0.4, 0.5) is 0 Å². The Hall–Kier alpha value is -2.41. The lowest BCUT2D eigenvalue weighted by molar-refractivity contribution is 0.384. The highest BCUT2D eigenvalue weighted by Crippen LogP contribution is 2.18. The number of hydrogen-bond acceptors (Lipinski definition) is 6. The van der Waals surface area contributed by atoms with Gasteiger partial charge in [0.1, 0.15) is 5.82 Å². The molecule has 0 aliphatic rings. The quantitative estimate of drug-likeness (QED) is 0.668. The number of rotatable bonds is 7. The van der Waals surface area contributed by atoms with Gasteiger partial charge in [0.25, 0.3) is 0 Å². The van der Waals surface area contributed by atoms with Gasteiger partial charge in [0.05, 0.1) is 5.75 Å². The molecular formula is C16H17N5OS. The van der Waals surface area contributed by atoms with Crippen molar-refractivity contribution in [3.8, 4) is 0 Å². The highest BCUT2D eigenvalue weighted by Gasteiger charge is 2.08. The molecule has 23 heavy (non-hydrogen) atoms. The monoisotopic (exact) mass is 327 g/mol. The van der Waals surface area contributed by atoms with Gasteiger partial charge in [-0.05, 0) is 18.1 Å². The summed E-state index contributed by atoms with van der Waals surface area (Å²) < 4.78 is 5.19. The van der Waals surface area contributed by atoms with Gasteiger partial charge in [-0.1, -0.05) is 60.3 Å². The van der Waals surface area contributed by atoms with Crippen LogP contribution in [0.3, 0.4) is 0 Å². The minimum atomic E-state index is 0.566. The summed E-state index contributed by atoms with van der Waals surface area (Å²) in [7, 11) is 0. The van der Waals surface area contributed by atoms with Crippen LogP contribution in [0.1, 0.15) is 36.4 Å². The van der Waals surface area contributed by atoms with E-state index in [9.17, 15) is 0 Å². The molecule has 0 spiro atoms. The van der Waals surface area contributed by atoms with Gasteiger partial charge in [0.15, 0.2) is 5.82 Å². The molecule has 6 nitrogen and oxygen atoms in total. The predicted molar refractivity (Wildman–Crippen MR) is 89.6 cm³/mol. The Labute approximate surface area is 138 Å². The zero-order chi connectivity index (χ0) is 15.9. The van der Waals surface area contributed by atoms with Crippen molar-refractivity contribution in [2.75, 3.05) is 0 Å². The number of H-pyrrole nitrogens is 1. The van der Waals surface area contributed by atoms with Gasteiger partial charge in [0.2, 0.25) is 11.0 Å². The van der Waals surface area contributed by atoms with E-state index in [1.807, 2.05) is 42.5 Å². The third-order valence-electron chi connectivity index (χ3n) is 3.02. The maximum atomic E-state index is 5.19. The molecule has 0 radical (unpaired) electrons. The van der Waals surface area contributed by atoms with Crippen molar-refractivity contribution in [1.82, 2.24) is 25.3 Å². The first-order valence-electron chi connectivity index (χ1n) is 7.43. The third kappa shape index (κ3) is 4.53. The lowest BCUT2D eigenvalue weighted by atomic mass is 10.2. The number of nitrogens with one attached hydrogen (secondary N) is 1. The Morgan fingerprint density at radius 3 is 2.87 bits per heavy atom. The minimum absolute atomic E-state index is 0.566. The van der Waals surface area contributed by atoms with E-state index in [4.69, 9.17) is 4.52 Å². The van der Waals surface area contributed by atoms with Crippen molar-refractivity contribution in [1.29, 1.82) is 0 Å². The number of thioether (sulfide) groups is 1. The van der Waals surface area contributed by atoms with E-state index in [1.165, 1.54) is 11.8 Å². The van der Waals surface area contributed by atoms with E-state index in [1.54, 1.807) is 0 Å². The molecule has 1 aromatic carbocycles. The highest BCUT2D eigenvalue weighted by atomic mass is 32.2. The number of aryl methyl sites for hydroxylation is 1. The first kappa shape index (κ1) is 15.5. The summed E-state index contributed by atoms with van der Waals surface area (Å²) in [5, 5.41) is 11.7. The number of hydrogen-bond donors (Lipinski definition) is 1. The molecule has 0 amide bonds. The van der Waals surface area contributed by atoms with Gasteiger partial charge in [-0.25, -0.2) is 4.98 Å². The molecule has 0 unspecified atom stereocenters. The Morgan fingerprint density at radius 2 is 2.04 bits per heavy atom. The van der Waals surface area contributed by atoms with Crippen LogP contribution >= 0.6 is 11.8 Å². The first-order chi connectivity index (χ1) is 11.3. The van der Waals surface area contributed by atoms with E-state index in [2.05, 4.69) is 32.2 Å². The summed E-state index contributed by atoms with van der Waals surface area (Å²) in [5.41, 5.74) is 1.12. The number of benzene rings is 1. The zero-order valence-corrected chi connectivity index (χ0v) is 13.6. The fourth-order valence-electron chi connectivity index (χ4n) is 1.94. The predicted octanol–water partition coefficient (Wildman–Crippen LogP) is 3.60. The van der Waals surface area contributed by atoms with E-state index < -0.39 is 0 Å². The largest absolute Gasteiger partial charge is 0.338 e. The molecule has 0 fully saturated rings. The topological polar surface area (TPSA) is 80.5 Å². The average Bonchev–Trinajstić information content (AvgIpc) is 3.22.